The first-order chi connectivity index (χ1) is 8.74. The first kappa shape index (κ1) is 19.2. The number of esters is 1. The van der Waals surface area contributed by atoms with E-state index in [1.807, 2.05) is 0 Å². The number of hydrogen-bond donors (Lipinski definition) is 0. The number of carbonyl (C=O) groups is 1. The van der Waals surface area contributed by atoms with E-state index in [4.69, 9.17) is 9.47 Å². The van der Waals surface area contributed by atoms with E-state index in [0.29, 0.717) is 0 Å². The summed E-state index contributed by atoms with van der Waals surface area (Å²) in [6.45, 7) is 7.29. The summed E-state index contributed by atoms with van der Waals surface area (Å²) in [6.07, 6.45) is -4.42. The highest BCUT2D eigenvalue weighted by molar-refractivity contribution is 5.72. The van der Waals surface area contributed by atoms with Crippen molar-refractivity contribution in [3.63, 3.8) is 0 Å². The molecule has 120 valence electrons. The van der Waals surface area contributed by atoms with Gasteiger partial charge in [-0.15, -0.1) is 0 Å². The van der Waals surface area contributed by atoms with Gasteiger partial charge in [0.15, 0.2) is 5.60 Å². The Morgan fingerprint density at radius 3 is 2.00 bits per heavy atom. The minimum absolute atomic E-state index is 0.00702. The fourth-order valence-electron chi connectivity index (χ4n) is 1.21. The maximum atomic E-state index is 12.5. The number of ether oxygens (including phenoxy) is 2. The van der Waals surface area contributed by atoms with E-state index >= 15 is 0 Å². The van der Waals surface area contributed by atoms with Crippen LogP contribution in [0.1, 0.15) is 34.6 Å². The predicted molar refractivity (Wildman–Crippen MR) is 69.4 cm³/mol. The molecule has 0 amide bonds. The number of carbonyl (C=O) groups excluding carboxylic acids is 1. The van der Waals surface area contributed by atoms with Crippen LogP contribution in [0.5, 0.6) is 0 Å². The molecular formula is C13H24F3NO3. The second kappa shape index (κ2) is 6.76. The molecule has 0 heterocycles. The molecule has 0 unspecified atom stereocenters. The Morgan fingerprint density at radius 2 is 1.60 bits per heavy atom. The van der Waals surface area contributed by atoms with Gasteiger partial charge in [-0.1, -0.05) is 0 Å². The van der Waals surface area contributed by atoms with Crippen molar-refractivity contribution in [2.75, 3.05) is 26.7 Å². The molecule has 0 fully saturated rings. The van der Waals surface area contributed by atoms with Gasteiger partial charge in [0.2, 0.25) is 0 Å². The van der Waals surface area contributed by atoms with Gasteiger partial charge in [-0.2, -0.15) is 13.2 Å². The van der Waals surface area contributed by atoms with E-state index in [-0.39, 0.29) is 19.7 Å². The number of likely N-dealkylation sites (N-methyl/N-ethyl adjacent to an activating group) is 1. The van der Waals surface area contributed by atoms with Gasteiger partial charge in [-0.25, -0.2) is 0 Å². The van der Waals surface area contributed by atoms with E-state index < -0.39 is 23.3 Å². The van der Waals surface area contributed by atoms with Crippen LogP contribution >= 0.6 is 0 Å². The Morgan fingerprint density at radius 1 is 1.10 bits per heavy atom. The van der Waals surface area contributed by atoms with Gasteiger partial charge in [-0.05, 0) is 41.7 Å². The van der Waals surface area contributed by atoms with Crippen molar-refractivity contribution in [2.45, 2.75) is 52.0 Å². The van der Waals surface area contributed by atoms with Crippen molar-refractivity contribution in [3.8, 4) is 0 Å². The van der Waals surface area contributed by atoms with Crippen molar-refractivity contribution in [1.29, 1.82) is 0 Å². The lowest BCUT2D eigenvalue weighted by molar-refractivity contribution is -0.264. The van der Waals surface area contributed by atoms with Gasteiger partial charge >= 0.3 is 12.1 Å². The standard InChI is InChI=1S/C13H24F3NO3/c1-11(2,3)20-10(18)9-17(6)7-8-19-12(4,5)13(14,15)16/h7-9H2,1-6H3. The molecule has 20 heavy (non-hydrogen) atoms. The van der Waals surface area contributed by atoms with Crippen LogP contribution in [0.25, 0.3) is 0 Å². The molecule has 0 aliphatic heterocycles. The molecule has 0 N–H and O–H groups in total. The Balaban J connectivity index is 4.07. The van der Waals surface area contributed by atoms with E-state index in [2.05, 4.69) is 0 Å². The van der Waals surface area contributed by atoms with E-state index in [0.717, 1.165) is 13.8 Å². The van der Waals surface area contributed by atoms with Gasteiger partial charge in [0.05, 0.1) is 13.2 Å². The molecule has 0 spiro atoms. The van der Waals surface area contributed by atoms with Crippen LogP contribution in [-0.2, 0) is 14.3 Å². The van der Waals surface area contributed by atoms with Crippen molar-refractivity contribution in [2.24, 2.45) is 0 Å². The number of nitrogens with zero attached hydrogens (tertiary/aromatic N) is 1. The van der Waals surface area contributed by atoms with Crippen molar-refractivity contribution >= 4 is 5.97 Å². The highest BCUT2D eigenvalue weighted by Gasteiger charge is 2.48. The summed E-state index contributed by atoms with van der Waals surface area (Å²) in [6, 6.07) is 0. The first-order valence-corrected chi connectivity index (χ1v) is 6.36. The van der Waals surface area contributed by atoms with Crippen molar-refractivity contribution in [1.82, 2.24) is 4.90 Å². The first-order valence-electron chi connectivity index (χ1n) is 6.36. The summed E-state index contributed by atoms with van der Waals surface area (Å²) >= 11 is 0. The monoisotopic (exact) mass is 299 g/mol. The number of hydrogen-bond acceptors (Lipinski definition) is 4. The molecule has 0 rings (SSSR count). The molecule has 0 aromatic heterocycles. The van der Waals surface area contributed by atoms with Gasteiger partial charge in [0, 0.05) is 6.54 Å². The van der Waals surface area contributed by atoms with Crippen LogP contribution < -0.4 is 0 Å². The Kier molecular flexibility index (Phi) is 6.48. The smallest absolute Gasteiger partial charge is 0.416 e. The molecule has 4 nitrogen and oxygen atoms in total. The molecule has 0 bridgehead atoms. The normalized spacial score (nSPS) is 13.7. The van der Waals surface area contributed by atoms with Crippen LogP contribution in [0.15, 0.2) is 0 Å². The average Bonchev–Trinajstić information content (AvgIpc) is 2.11. The van der Waals surface area contributed by atoms with Gasteiger partial charge < -0.3 is 9.47 Å². The van der Waals surface area contributed by atoms with Gasteiger partial charge in [-0.3, -0.25) is 9.69 Å². The molecule has 0 atom stereocenters. The minimum atomic E-state index is -4.42. The second-order valence-electron chi connectivity index (χ2n) is 6.18. The van der Waals surface area contributed by atoms with Crippen LogP contribution in [0.4, 0.5) is 13.2 Å². The third kappa shape index (κ3) is 7.69. The Hall–Kier alpha value is -0.820. The average molecular weight is 299 g/mol. The highest BCUT2D eigenvalue weighted by Crippen LogP contribution is 2.32. The lowest BCUT2D eigenvalue weighted by Gasteiger charge is -2.29. The predicted octanol–water partition coefficient (Wildman–Crippen LogP) is 2.62. The van der Waals surface area contributed by atoms with Crippen molar-refractivity contribution in [3.05, 3.63) is 0 Å². The lowest BCUT2D eigenvalue weighted by atomic mass is 10.1. The fourth-order valence-corrected chi connectivity index (χ4v) is 1.21. The van der Waals surface area contributed by atoms with Crippen LogP contribution in [-0.4, -0.2) is 55.0 Å². The number of rotatable bonds is 6. The summed E-state index contributed by atoms with van der Waals surface area (Å²) in [5.41, 5.74) is -2.77. The third-order valence-electron chi connectivity index (χ3n) is 2.44. The summed E-state index contributed by atoms with van der Waals surface area (Å²) < 4.78 is 47.6. The number of alkyl halides is 3. The van der Waals surface area contributed by atoms with E-state index in [9.17, 15) is 18.0 Å². The molecule has 0 radical (unpaired) electrons. The summed E-state index contributed by atoms with van der Waals surface area (Å²) in [5, 5.41) is 0. The van der Waals surface area contributed by atoms with Crippen LogP contribution in [0.2, 0.25) is 0 Å². The minimum Gasteiger partial charge on any atom is -0.459 e. The lowest BCUT2D eigenvalue weighted by Crippen LogP contribution is -2.43. The van der Waals surface area contributed by atoms with Crippen LogP contribution in [0, 0.1) is 0 Å². The van der Waals surface area contributed by atoms with E-state index in [1.165, 1.54) is 0 Å². The zero-order valence-corrected chi connectivity index (χ0v) is 12.9. The molecular weight excluding hydrogens is 275 g/mol. The highest BCUT2D eigenvalue weighted by atomic mass is 19.4. The molecule has 0 aliphatic carbocycles. The Bertz CT molecular complexity index is 322. The summed E-state index contributed by atoms with van der Waals surface area (Å²) in [4.78, 5) is 13.1. The molecule has 7 heteroatoms. The second-order valence-corrected chi connectivity index (χ2v) is 6.18. The number of halogens is 3. The molecule has 0 aromatic carbocycles. The Labute approximate surface area is 118 Å². The zero-order valence-electron chi connectivity index (χ0n) is 12.9. The van der Waals surface area contributed by atoms with E-state index in [1.54, 1.807) is 32.7 Å². The summed E-state index contributed by atoms with van der Waals surface area (Å²) in [5.74, 6) is -0.421. The maximum absolute atomic E-state index is 12.5. The quantitative estimate of drug-likeness (QED) is 0.707. The largest absolute Gasteiger partial charge is 0.459 e. The molecule has 0 aromatic rings. The van der Waals surface area contributed by atoms with Gasteiger partial charge in [0.25, 0.3) is 0 Å². The fraction of sp³-hybridized carbons (Fsp3) is 0.923. The topological polar surface area (TPSA) is 38.8 Å². The summed E-state index contributed by atoms with van der Waals surface area (Å²) in [7, 11) is 1.62. The molecule has 0 saturated heterocycles. The van der Waals surface area contributed by atoms with Gasteiger partial charge in [0.1, 0.15) is 5.60 Å². The SMILES string of the molecule is CN(CCOC(C)(C)C(F)(F)F)CC(=O)OC(C)(C)C. The zero-order chi connectivity index (χ0) is 16.2. The van der Waals surface area contributed by atoms with Crippen molar-refractivity contribution < 1.29 is 27.4 Å². The third-order valence-corrected chi connectivity index (χ3v) is 2.44. The molecule has 0 aliphatic rings. The molecule has 0 saturated carbocycles. The maximum Gasteiger partial charge on any atom is 0.416 e. The van der Waals surface area contributed by atoms with Crippen LogP contribution in [0.3, 0.4) is 0 Å².